The van der Waals surface area contributed by atoms with E-state index in [9.17, 15) is 4.39 Å². The second kappa shape index (κ2) is 8.63. The van der Waals surface area contributed by atoms with Crippen molar-refractivity contribution in [3.8, 4) is 11.8 Å². The number of fused-ring (bicyclic) bond motifs is 1. The van der Waals surface area contributed by atoms with Gasteiger partial charge in [-0.25, -0.2) is 9.07 Å². The summed E-state index contributed by atoms with van der Waals surface area (Å²) in [4.78, 5) is 13.3. The van der Waals surface area contributed by atoms with E-state index in [2.05, 4.69) is 43.9 Å². The Hall–Kier alpha value is -2.78. The molecule has 170 valence electrons. The van der Waals surface area contributed by atoms with E-state index in [4.69, 9.17) is 9.47 Å². The monoisotopic (exact) mass is 440 g/mol. The van der Waals surface area contributed by atoms with Gasteiger partial charge >= 0.3 is 6.01 Å². The van der Waals surface area contributed by atoms with Crippen LogP contribution in [0.3, 0.4) is 0 Å². The molecule has 9 heteroatoms. The quantitative estimate of drug-likeness (QED) is 0.618. The average Bonchev–Trinajstić information content (AvgIpc) is 3.21. The highest BCUT2D eigenvalue weighted by Gasteiger charge is 2.30. The Kier molecular flexibility index (Phi) is 5.69. The minimum atomic E-state index is -0.881. The summed E-state index contributed by atoms with van der Waals surface area (Å²) in [5, 5.41) is 5.61. The zero-order valence-corrected chi connectivity index (χ0v) is 18.8. The van der Waals surface area contributed by atoms with E-state index in [1.54, 1.807) is 11.8 Å². The van der Waals surface area contributed by atoms with Gasteiger partial charge < -0.3 is 19.3 Å². The van der Waals surface area contributed by atoms with Crippen LogP contribution >= 0.6 is 0 Å². The maximum absolute atomic E-state index is 15.0. The maximum Gasteiger partial charge on any atom is 0.320 e. The Balaban J connectivity index is 1.57. The van der Waals surface area contributed by atoms with E-state index in [1.165, 1.54) is 0 Å². The topological polar surface area (TPSA) is 68.5 Å². The highest BCUT2D eigenvalue weighted by atomic mass is 19.1. The fraction of sp³-hybridized carbons (Fsp3) is 0.522. The lowest BCUT2D eigenvalue weighted by molar-refractivity contribution is 0.122. The number of rotatable bonds is 4. The van der Waals surface area contributed by atoms with Crippen molar-refractivity contribution in [3.63, 3.8) is 0 Å². The molecule has 2 aliphatic rings. The molecule has 1 aromatic carbocycles. The van der Waals surface area contributed by atoms with Gasteiger partial charge in [0.15, 0.2) is 5.82 Å². The predicted molar refractivity (Wildman–Crippen MR) is 121 cm³/mol. The number of morpholine rings is 1. The number of aryl methyl sites for hydroxylation is 1. The first-order chi connectivity index (χ1) is 15.5. The van der Waals surface area contributed by atoms with Crippen LogP contribution in [0.25, 0.3) is 16.7 Å². The summed E-state index contributed by atoms with van der Waals surface area (Å²) in [6.07, 6.45) is 1.76. The van der Waals surface area contributed by atoms with Crippen LogP contribution < -0.4 is 9.64 Å². The van der Waals surface area contributed by atoms with Gasteiger partial charge in [-0.2, -0.15) is 15.1 Å². The maximum atomic E-state index is 15.0. The van der Waals surface area contributed by atoms with Crippen LogP contribution in [0.2, 0.25) is 0 Å². The van der Waals surface area contributed by atoms with Crippen molar-refractivity contribution in [1.29, 1.82) is 0 Å². The van der Waals surface area contributed by atoms with Crippen molar-refractivity contribution in [3.05, 3.63) is 35.5 Å². The Morgan fingerprint density at radius 1 is 1.09 bits per heavy atom. The van der Waals surface area contributed by atoms with Gasteiger partial charge in [0.05, 0.1) is 32.0 Å². The van der Waals surface area contributed by atoms with Crippen molar-refractivity contribution in [2.24, 2.45) is 0 Å². The van der Waals surface area contributed by atoms with Crippen LogP contribution in [0.1, 0.15) is 23.5 Å². The smallest absolute Gasteiger partial charge is 0.320 e. The average molecular weight is 441 g/mol. The number of nitrogens with zero attached hydrogens (tertiary/aromatic N) is 6. The summed E-state index contributed by atoms with van der Waals surface area (Å²) in [6, 6.07) is 6.40. The zero-order chi connectivity index (χ0) is 22.2. The molecular formula is C23H29FN6O2. The molecule has 0 N–H and O–H groups in total. The third-order valence-corrected chi connectivity index (χ3v) is 6.51. The number of hydrogen-bond donors (Lipinski definition) is 0. The van der Waals surface area contributed by atoms with E-state index >= 15 is 0 Å². The Labute approximate surface area is 186 Å². The van der Waals surface area contributed by atoms with E-state index in [1.807, 2.05) is 19.3 Å². The zero-order valence-electron chi connectivity index (χ0n) is 18.8. The van der Waals surface area contributed by atoms with Gasteiger partial charge in [-0.1, -0.05) is 0 Å². The minimum Gasteiger partial charge on any atom is -0.467 e. The Morgan fingerprint density at radius 3 is 2.62 bits per heavy atom. The number of methoxy groups -OCH3 is 1. The predicted octanol–water partition coefficient (Wildman–Crippen LogP) is 2.73. The van der Waals surface area contributed by atoms with E-state index in [0.29, 0.717) is 31.6 Å². The van der Waals surface area contributed by atoms with Crippen LogP contribution in [0, 0.1) is 6.92 Å². The first kappa shape index (κ1) is 21.1. The van der Waals surface area contributed by atoms with Gasteiger partial charge in [-0.15, -0.1) is 0 Å². The summed E-state index contributed by atoms with van der Waals surface area (Å²) in [7, 11) is 3.54. The molecule has 2 aliphatic heterocycles. The highest BCUT2D eigenvalue weighted by Crippen LogP contribution is 2.35. The normalized spacial score (nSPS) is 22.4. The number of anilines is 1. The molecule has 2 unspecified atom stereocenters. The van der Waals surface area contributed by atoms with Gasteiger partial charge in [-0.05, 0) is 50.2 Å². The lowest BCUT2D eigenvalue weighted by atomic mass is 9.85. The van der Waals surface area contributed by atoms with Crippen LogP contribution in [-0.4, -0.2) is 84.4 Å². The largest absolute Gasteiger partial charge is 0.467 e. The van der Waals surface area contributed by atoms with E-state index in [-0.39, 0.29) is 5.92 Å². The molecular weight excluding hydrogens is 411 g/mol. The molecule has 3 aromatic rings. The van der Waals surface area contributed by atoms with E-state index in [0.717, 1.165) is 53.9 Å². The van der Waals surface area contributed by atoms with Gasteiger partial charge in [0.2, 0.25) is 0 Å². The summed E-state index contributed by atoms with van der Waals surface area (Å²) in [5.41, 5.74) is 3.06. The number of likely N-dealkylation sites (tertiary alicyclic amines) is 1. The number of aromatic nitrogens is 4. The van der Waals surface area contributed by atoms with Crippen LogP contribution in [0.4, 0.5) is 10.2 Å². The van der Waals surface area contributed by atoms with Gasteiger partial charge in [-0.3, -0.25) is 0 Å². The number of ether oxygens (including phenoxy) is 2. The van der Waals surface area contributed by atoms with Crippen LogP contribution in [0.5, 0.6) is 6.01 Å². The molecule has 8 nitrogen and oxygen atoms in total. The van der Waals surface area contributed by atoms with Gasteiger partial charge in [0.1, 0.15) is 12.0 Å². The highest BCUT2D eigenvalue weighted by molar-refractivity contribution is 5.82. The molecule has 0 amide bonds. The number of benzene rings is 1. The number of alkyl halides is 1. The molecule has 4 heterocycles. The third kappa shape index (κ3) is 3.91. The molecule has 0 spiro atoms. The molecule has 0 saturated carbocycles. The summed E-state index contributed by atoms with van der Waals surface area (Å²) in [5.74, 6) is 1.30. The lowest BCUT2D eigenvalue weighted by Crippen LogP contribution is -2.38. The van der Waals surface area contributed by atoms with Crippen molar-refractivity contribution in [2.75, 3.05) is 58.5 Å². The molecule has 5 rings (SSSR count). The van der Waals surface area contributed by atoms with Crippen molar-refractivity contribution in [2.45, 2.75) is 25.4 Å². The molecule has 0 radical (unpaired) electrons. The van der Waals surface area contributed by atoms with Crippen molar-refractivity contribution >= 4 is 16.7 Å². The minimum absolute atomic E-state index is 0.109. The summed E-state index contributed by atoms with van der Waals surface area (Å²) in [6.45, 7) is 6.27. The molecule has 2 aromatic heterocycles. The fourth-order valence-corrected chi connectivity index (χ4v) is 4.75. The van der Waals surface area contributed by atoms with Crippen molar-refractivity contribution in [1.82, 2.24) is 24.6 Å². The standard InChI is InChI=1S/C23H29FN6O2/c1-15-10-16-13-25-30(20(16)11-18(15)17-4-5-28(2)14-19(17)24)22-12-21(26-23(27-22)31-3)29-6-8-32-9-7-29/h10-13,17,19H,4-9,14H2,1-3H3. The van der Waals surface area contributed by atoms with Gasteiger partial charge in [0.25, 0.3) is 0 Å². The summed E-state index contributed by atoms with van der Waals surface area (Å²) < 4.78 is 27.6. The van der Waals surface area contributed by atoms with Crippen LogP contribution in [-0.2, 0) is 4.74 Å². The Morgan fingerprint density at radius 2 is 1.88 bits per heavy atom. The van der Waals surface area contributed by atoms with Crippen molar-refractivity contribution < 1.29 is 13.9 Å². The first-order valence-corrected chi connectivity index (χ1v) is 11.1. The Bertz CT molecular complexity index is 1110. The fourth-order valence-electron chi connectivity index (χ4n) is 4.75. The third-order valence-electron chi connectivity index (χ3n) is 6.51. The molecule has 0 aliphatic carbocycles. The van der Waals surface area contributed by atoms with Crippen LogP contribution in [0.15, 0.2) is 24.4 Å². The number of piperidine rings is 1. The molecule has 2 atom stereocenters. The molecule has 0 bridgehead atoms. The molecule has 2 fully saturated rings. The molecule has 2 saturated heterocycles. The number of halogens is 1. The summed E-state index contributed by atoms with van der Waals surface area (Å²) >= 11 is 0. The SMILES string of the molecule is COc1nc(N2CCOCC2)cc(-n2ncc3cc(C)c(C4CCN(C)CC4F)cc32)n1. The van der Waals surface area contributed by atoms with E-state index < -0.39 is 6.17 Å². The second-order valence-corrected chi connectivity index (χ2v) is 8.67. The molecule has 32 heavy (non-hydrogen) atoms. The van der Waals surface area contributed by atoms with Gasteiger partial charge in [0, 0.05) is 37.0 Å². The first-order valence-electron chi connectivity index (χ1n) is 11.1. The lowest BCUT2D eigenvalue weighted by Gasteiger charge is -2.33. The second-order valence-electron chi connectivity index (χ2n) is 8.67. The number of hydrogen-bond acceptors (Lipinski definition) is 7.